The maximum absolute atomic E-state index is 13.8. The number of aliphatic carboxylic acids is 1. The molecule has 1 unspecified atom stereocenters. The van der Waals surface area contributed by atoms with Crippen LogP contribution in [-0.2, 0) is 24.0 Å². The molecule has 1 N–H and O–H groups in total. The van der Waals surface area contributed by atoms with Gasteiger partial charge in [0.05, 0.1) is 16.6 Å². The fraction of sp³-hybridized carbons (Fsp3) is 0.238. The average Bonchev–Trinajstić information content (AvgIpc) is 3.14. The second kappa shape index (κ2) is 9.23. The predicted octanol–water partition coefficient (Wildman–Crippen LogP) is 6.46. The monoisotopic (exact) mass is 473 g/mol. The van der Waals surface area contributed by atoms with Crippen molar-refractivity contribution in [1.29, 1.82) is 0 Å². The van der Waals surface area contributed by atoms with Crippen LogP contribution in [0.4, 0.5) is 17.6 Å². The molecule has 0 bridgehead atoms. The molecule has 0 spiro atoms. The van der Waals surface area contributed by atoms with E-state index in [0.29, 0.717) is 12.2 Å². The number of hydrogen-bond acceptors (Lipinski definition) is 4. The van der Waals surface area contributed by atoms with Gasteiger partial charge in [-0.25, -0.2) is 4.39 Å². The Labute approximate surface area is 184 Å². The second-order valence-corrected chi connectivity index (χ2v) is 8.02. The van der Waals surface area contributed by atoms with Crippen LogP contribution in [0.5, 0.6) is 5.75 Å². The summed E-state index contributed by atoms with van der Waals surface area (Å²) >= 11 is 5.93. The highest BCUT2D eigenvalue weighted by Crippen LogP contribution is 2.40. The van der Waals surface area contributed by atoms with Gasteiger partial charge in [0.1, 0.15) is 23.1 Å². The Hall–Kier alpha value is -2.65. The molecule has 10 heteroatoms. The minimum Gasteiger partial charge on any atom is -0.489 e. The van der Waals surface area contributed by atoms with Crippen LogP contribution in [0.2, 0.25) is 5.02 Å². The van der Waals surface area contributed by atoms with Gasteiger partial charge in [0.2, 0.25) is 0 Å². The first-order chi connectivity index (χ1) is 14.6. The minimum absolute atomic E-state index is 0.0280. The van der Waals surface area contributed by atoms with Gasteiger partial charge in [-0.15, -0.1) is 0 Å². The molecule has 31 heavy (non-hydrogen) atoms. The van der Waals surface area contributed by atoms with Crippen molar-refractivity contribution in [2.24, 2.45) is 5.92 Å². The largest absolute Gasteiger partial charge is 0.489 e. The third-order valence-electron chi connectivity index (χ3n) is 4.51. The average molecular weight is 474 g/mol. The summed E-state index contributed by atoms with van der Waals surface area (Å²) in [5.74, 6) is -1.95. The highest BCUT2D eigenvalue weighted by atomic mass is 35.5. The van der Waals surface area contributed by atoms with Gasteiger partial charge in [-0.3, -0.25) is 4.79 Å². The number of alkyl halides is 3. The molecule has 1 heterocycles. The smallest absolute Gasteiger partial charge is 0.427 e. The Bertz CT molecular complexity index is 1080. The minimum atomic E-state index is -4.64. The summed E-state index contributed by atoms with van der Waals surface area (Å²) in [7, 11) is 0. The molecule has 164 valence electrons. The number of benzene rings is 2. The topological polar surface area (TPSA) is 59.4 Å². The molecule has 0 amide bonds. The summed E-state index contributed by atoms with van der Waals surface area (Å²) in [4.78, 5) is 10.0. The van der Waals surface area contributed by atoms with Gasteiger partial charge >= 0.3 is 12.1 Å². The van der Waals surface area contributed by atoms with Crippen LogP contribution in [-0.4, -0.2) is 15.4 Å². The van der Waals surface area contributed by atoms with E-state index in [9.17, 15) is 22.4 Å². The van der Waals surface area contributed by atoms with E-state index in [1.54, 1.807) is 31.2 Å². The molecule has 0 fully saturated rings. The van der Waals surface area contributed by atoms with Crippen molar-refractivity contribution < 1.29 is 32.2 Å². The maximum Gasteiger partial charge on any atom is 0.427 e. The van der Waals surface area contributed by atoms with E-state index in [-0.39, 0.29) is 33.4 Å². The first-order valence-electron chi connectivity index (χ1n) is 9.02. The van der Waals surface area contributed by atoms with Crippen LogP contribution in [0.15, 0.2) is 42.5 Å². The van der Waals surface area contributed by atoms with Crippen LogP contribution in [0.1, 0.15) is 22.9 Å². The van der Waals surface area contributed by atoms with Crippen molar-refractivity contribution >= 4 is 29.1 Å². The second-order valence-electron chi connectivity index (χ2n) is 6.84. The number of carboxylic acid groups (broad SMARTS) is 1. The number of carbonyl (C=O) groups is 1. The third kappa shape index (κ3) is 5.54. The van der Waals surface area contributed by atoms with E-state index >= 15 is 0 Å². The Morgan fingerprint density at radius 1 is 1.23 bits per heavy atom. The SMILES string of the molecule is CC(Cc1ccc(OCc2c(-c3ccc(Cl)c(F)c3)nsc2C(F)(F)F)cc1)C(=O)O. The molecule has 0 aliphatic heterocycles. The van der Waals surface area contributed by atoms with Gasteiger partial charge in [-0.1, -0.05) is 36.7 Å². The normalized spacial score (nSPS) is 12.6. The maximum atomic E-state index is 13.8. The summed E-state index contributed by atoms with van der Waals surface area (Å²) in [6, 6.07) is 10.1. The first kappa shape index (κ1) is 23.0. The fourth-order valence-electron chi connectivity index (χ4n) is 2.85. The standard InChI is InChI=1S/C21H16ClF4NO3S/c1-11(20(28)29)8-12-2-5-14(6-3-12)30-10-15-18(27-31-19(15)21(24,25)26)13-4-7-16(22)17(23)9-13/h2-7,9,11H,8,10H2,1H3,(H,28,29). The first-order valence-corrected chi connectivity index (χ1v) is 10.2. The van der Waals surface area contributed by atoms with Gasteiger partial charge in [0.25, 0.3) is 0 Å². The third-order valence-corrected chi connectivity index (χ3v) is 5.75. The zero-order valence-electron chi connectivity index (χ0n) is 16.0. The van der Waals surface area contributed by atoms with Crippen molar-refractivity contribution in [3.8, 4) is 17.0 Å². The van der Waals surface area contributed by atoms with Crippen molar-refractivity contribution in [2.75, 3.05) is 0 Å². The molecule has 0 aliphatic carbocycles. The van der Waals surface area contributed by atoms with Crippen molar-refractivity contribution in [2.45, 2.75) is 26.1 Å². The predicted molar refractivity (Wildman–Crippen MR) is 109 cm³/mol. The van der Waals surface area contributed by atoms with E-state index in [4.69, 9.17) is 21.4 Å². The molecule has 3 aromatic rings. The lowest BCUT2D eigenvalue weighted by molar-refractivity contribution is -0.141. The quantitative estimate of drug-likeness (QED) is 0.400. The summed E-state index contributed by atoms with van der Waals surface area (Å²) in [5, 5.41) is 8.83. The van der Waals surface area contributed by atoms with Crippen molar-refractivity contribution in [3.05, 3.63) is 69.3 Å². The van der Waals surface area contributed by atoms with E-state index < -0.39 is 35.4 Å². The van der Waals surface area contributed by atoms with Gasteiger partial charge in [-0.05, 0) is 47.8 Å². The van der Waals surface area contributed by atoms with Crippen LogP contribution in [0.3, 0.4) is 0 Å². The number of hydrogen-bond donors (Lipinski definition) is 1. The Morgan fingerprint density at radius 2 is 1.90 bits per heavy atom. The molecule has 1 atom stereocenters. The van der Waals surface area contributed by atoms with Crippen LogP contribution < -0.4 is 4.74 Å². The summed E-state index contributed by atoms with van der Waals surface area (Å²) in [6.07, 6.45) is -4.33. The van der Waals surface area contributed by atoms with Gasteiger partial charge in [0.15, 0.2) is 0 Å². The zero-order chi connectivity index (χ0) is 22.8. The van der Waals surface area contributed by atoms with Crippen LogP contribution in [0.25, 0.3) is 11.3 Å². The summed E-state index contributed by atoms with van der Waals surface area (Å²) in [5.41, 5.74) is 0.681. The Morgan fingerprint density at radius 3 is 2.48 bits per heavy atom. The molecule has 4 nitrogen and oxygen atoms in total. The molecule has 0 saturated carbocycles. The Balaban J connectivity index is 1.84. The van der Waals surface area contributed by atoms with Gasteiger partial charge < -0.3 is 9.84 Å². The lowest BCUT2D eigenvalue weighted by Crippen LogP contribution is -2.12. The molecule has 2 aromatic carbocycles. The van der Waals surface area contributed by atoms with E-state index in [0.717, 1.165) is 11.6 Å². The zero-order valence-corrected chi connectivity index (χ0v) is 17.6. The lowest BCUT2D eigenvalue weighted by atomic mass is 10.0. The number of ether oxygens (including phenoxy) is 1. The van der Waals surface area contributed by atoms with E-state index in [1.807, 2.05) is 0 Å². The summed E-state index contributed by atoms with van der Waals surface area (Å²) in [6.45, 7) is 1.14. The summed E-state index contributed by atoms with van der Waals surface area (Å²) < 4.78 is 63.6. The van der Waals surface area contributed by atoms with Crippen molar-refractivity contribution in [3.63, 3.8) is 0 Å². The fourth-order valence-corrected chi connectivity index (χ4v) is 3.74. The van der Waals surface area contributed by atoms with Gasteiger partial charge in [-0.2, -0.15) is 17.5 Å². The van der Waals surface area contributed by atoms with Crippen LogP contribution in [0, 0.1) is 11.7 Å². The highest BCUT2D eigenvalue weighted by molar-refractivity contribution is 7.06. The lowest BCUT2D eigenvalue weighted by Gasteiger charge is -2.12. The number of rotatable bonds is 7. The number of halogens is 5. The molecule has 1 aromatic heterocycles. The van der Waals surface area contributed by atoms with Crippen LogP contribution >= 0.6 is 23.1 Å². The number of nitrogens with zero attached hydrogens (tertiary/aromatic N) is 1. The molecular weight excluding hydrogens is 458 g/mol. The van der Waals surface area contributed by atoms with Gasteiger partial charge in [0, 0.05) is 11.1 Å². The molecule has 0 radical (unpaired) electrons. The Kier molecular flexibility index (Phi) is 6.86. The number of aromatic nitrogens is 1. The van der Waals surface area contributed by atoms with E-state index in [1.165, 1.54) is 12.1 Å². The molecule has 0 saturated heterocycles. The molecule has 3 rings (SSSR count). The molecular formula is C21H16ClF4NO3S. The molecule has 0 aliphatic rings. The highest BCUT2D eigenvalue weighted by Gasteiger charge is 2.38. The van der Waals surface area contributed by atoms with Crippen molar-refractivity contribution in [1.82, 2.24) is 4.37 Å². The van der Waals surface area contributed by atoms with E-state index in [2.05, 4.69) is 4.37 Å². The number of carboxylic acids is 1.